The fourth-order valence-electron chi connectivity index (χ4n) is 1.14. The van der Waals surface area contributed by atoms with Crippen LogP contribution in [-0.4, -0.2) is 17.7 Å². The first-order chi connectivity index (χ1) is 6.53. The second kappa shape index (κ2) is 2.57. The average Bonchev–Trinajstić information content (AvgIpc) is 2.39. The Bertz CT molecular complexity index is 403. The molecule has 4 nitrogen and oxygen atoms in total. The summed E-state index contributed by atoms with van der Waals surface area (Å²) < 4.78 is 33.2. The second-order valence-corrected chi connectivity index (χ2v) is 2.61. The summed E-state index contributed by atoms with van der Waals surface area (Å²) in [5.41, 5.74) is -0.348. The molecule has 0 bridgehead atoms. The van der Waals surface area contributed by atoms with E-state index in [4.69, 9.17) is 5.11 Å². The number of aromatic hydroxyl groups is 1. The van der Waals surface area contributed by atoms with Crippen LogP contribution in [0.3, 0.4) is 0 Å². The molecule has 0 atom stereocenters. The number of rotatable bonds is 1. The Kier molecular flexibility index (Phi) is 1.60. The minimum absolute atomic E-state index is 0.221. The van der Waals surface area contributed by atoms with E-state index in [1.54, 1.807) is 0 Å². The highest BCUT2D eigenvalue weighted by atomic mass is 19.3. The largest absolute Gasteiger partial charge is 0.586 e. The van der Waals surface area contributed by atoms with Gasteiger partial charge in [0.05, 0.1) is 0 Å². The van der Waals surface area contributed by atoms with Gasteiger partial charge in [-0.25, -0.2) is 0 Å². The van der Waals surface area contributed by atoms with Crippen molar-refractivity contribution in [1.29, 1.82) is 0 Å². The summed E-state index contributed by atoms with van der Waals surface area (Å²) in [6.07, 6.45) is -3.56. The molecule has 0 amide bonds. The Balaban J connectivity index is 2.57. The maximum Gasteiger partial charge on any atom is 0.586 e. The topological polar surface area (TPSA) is 55.8 Å². The van der Waals surface area contributed by atoms with Crippen LogP contribution in [0.5, 0.6) is 17.2 Å². The Morgan fingerprint density at radius 1 is 1.36 bits per heavy atom. The number of hydrogen-bond donors (Lipinski definition) is 1. The summed E-state index contributed by atoms with van der Waals surface area (Å²) >= 11 is 0. The molecule has 0 aliphatic carbocycles. The van der Waals surface area contributed by atoms with Crippen LogP contribution < -0.4 is 9.47 Å². The minimum Gasteiger partial charge on any atom is -0.507 e. The number of ether oxygens (including phenoxy) is 2. The van der Waals surface area contributed by atoms with Crippen LogP contribution in [0.2, 0.25) is 0 Å². The SMILES string of the molecule is O=Cc1c(O)ccc2c1OC(F)(F)O2. The van der Waals surface area contributed by atoms with E-state index in [0.717, 1.165) is 12.1 Å². The Morgan fingerprint density at radius 3 is 2.71 bits per heavy atom. The third kappa shape index (κ3) is 1.15. The number of carbonyl (C=O) groups excluding carboxylic acids is 1. The molecule has 14 heavy (non-hydrogen) atoms. The van der Waals surface area contributed by atoms with E-state index in [9.17, 15) is 13.6 Å². The predicted molar refractivity (Wildman–Crippen MR) is 39.7 cm³/mol. The quantitative estimate of drug-likeness (QED) is 0.701. The molecule has 1 N–H and O–H groups in total. The van der Waals surface area contributed by atoms with Gasteiger partial charge < -0.3 is 14.6 Å². The lowest BCUT2D eigenvalue weighted by molar-refractivity contribution is -0.286. The van der Waals surface area contributed by atoms with Crippen LogP contribution >= 0.6 is 0 Å². The molecule has 1 aromatic rings. The van der Waals surface area contributed by atoms with E-state index < -0.39 is 17.8 Å². The number of aldehydes is 1. The number of alkyl halides is 2. The first-order valence-electron chi connectivity index (χ1n) is 3.60. The molecule has 1 heterocycles. The van der Waals surface area contributed by atoms with Crippen molar-refractivity contribution in [2.24, 2.45) is 0 Å². The number of fused-ring (bicyclic) bond motifs is 1. The highest BCUT2D eigenvalue weighted by molar-refractivity contribution is 5.85. The first kappa shape index (κ1) is 8.74. The van der Waals surface area contributed by atoms with E-state index in [-0.39, 0.29) is 17.6 Å². The molecular weight excluding hydrogens is 198 g/mol. The van der Waals surface area contributed by atoms with Crippen molar-refractivity contribution in [2.45, 2.75) is 6.29 Å². The van der Waals surface area contributed by atoms with E-state index in [1.165, 1.54) is 0 Å². The Labute approximate surface area is 76.7 Å². The van der Waals surface area contributed by atoms with Crippen LogP contribution in [0.4, 0.5) is 8.78 Å². The van der Waals surface area contributed by atoms with Crippen molar-refractivity contribution in [3.05, 3.63) is 17.7 Å². The number of phenolic OH excluding ortho intramolecular Hbond substituents is 1. The third-order valence-electron chi connectivity index (χ3n) is 1.70. The van der Waals surface area contributed by atoms with Gasteiger partial charge in [0.1, 0.15) is 11.3 Å². The molecule has 0 fully saturated rings. The van der Waals surface area contributed by atoms with Gasteiger partial charge in [-0.15, -0.1) is 8.78 Å². The van der Waals surface area contributed by atoms with Crippen molar-refractivity contribution < 1.29 is 28.2 Å². The molecule has 0 saturated carbocycles. The van der Waals surface area contributed by atoms with E-state index in [1.807, 2.05) is 0 Å². The normalized spacial score (nSPS) is 16.7. The maximum absolute atomic E-state index is 12.5. The van der Waals surface area contributed by atoms with E-state index in [2.05, 4.69) is 9.47 Å². The van der Waals surface area contributed by atoms with Crippen molar-refractivity contribution in [2.75, 3.05) is 0 Å². The van der Waals surface area contributed by atoms with Crippen molar-refractivity contribution in [3.63, 3.8) is 0 Å². The zero-order valence-electron chi connectivity index (χ0n) is 6.66. The van der Waals surface area contributed by atoms with Gasteiger partial charge in [-0.05, 0) is 12.1 Å². The highest BCUT2D eigenvalue weighted by Gasteiger charge is 2.45. The molecule has 1 aromatic carbocycles. The van der Waals surface area contributed by atoms with Gasteiger partial charge in [0.25, 0.3) is 0 Å². The van der Waals surface area contributed by atoms with E-state index in [0.29, 0.717) is 0 Å². The lowest BCUT2D eigenvalue weighted by atomic mass is 10.2. The fourth-order valence-corrected chi connectivity index (χ4v) is 1.14. The fraction of sp³-hybridized carbons (Fsp3) is 0.125. The third-order valence-corrected chi connectivity index (χ3v) is 1.70. The summed E-state index contributed by atoms with van der Waals surface area (Å²) in [6, 6.07) is 2.17. The Hall–Kier alpha value is -1.85. The van der Waals surface area contributed by atoms with Crippen molar-refractivity contribution in [3.8, 4) is 17.2 Å². The van der Waals surface area contributed by atoms with Gasteiger partial charge in [-0.3, -0.25) is 4.79 Å². The van der Waals surface area contributed by atoms with Crippen LogP contribution in [-0.2, 0) is 0 Å². The molecule has 6 heteroatoms. The summed E-state index contributed by atoms with van der Waals surface area (Å²) in [4.78, 5) is 10.5. The van der Waals surface area contributed by atoms with E-state index >= 15 is 0 Å². The monoisotopic (exact) mass is 202 g/mol. The average molecular weight is 202 g/mol. The molecule has 2 rings (SSSR count). The number of benzene rings is 1. The predicted octanol–water partition coefficient (Wildman–Crippen LogP) is 1.53. The zero-order valence-corrected chi connectivity index (χ0v) is 6.66. The van der Waals surface area contributed by atoms with Crippen LogP contribution in [0.25, 0.3) is 0 Å². The first-order valence-corrected chi connectivity index (χ1v) is 3.60. The molecule has 74 valence electrons. The summed E-state index contributed by atoms with van der Waals surface area (Å²) in [5.74, 6) is -1.14. The van der Waals surface area contributed by atoms with Crippen molar-refractivity contribution >= 4 is 6.29 Å². The lowest BCUT2D eigenvalue weighted by Crippen LogP contribution is -2.26. The summed E-state index contributed by atoms with van der Waals surface area (Å²) in [7, 11) is 0. The molecule has 1 aliphatic heterocycles. The number of hydrogen-bond acceptors (Lipinski definition) is 4. The van der Waals surface area contributed by atoms with Gasteiger partial charge in [-0.2, -0.15) is 0 Å². The highest BCUT2D eigenvalue weighted by Crippen LogP contribution is 2.45. The standard InChI is InChI=1S/C8H4F2O4/c9-8(10)13-6-2-1-5(12)4(3-11)7(6)14-8/h1-3,12H. The molecule has 0 radical (unpaired) electrons. The molecule has 0 spiro atoms. The molecule has 1 aliphatic rings. The van der Waals surface area contributed by atoms with Crippen LogP contribution in [0.15, 0.2) is 12.1 Å². The van der Waals surface area contributed by atoms with Gasteiger partial charge >= 0.3 is 6.29 Å². The summed E-state index contributed by atoms with van der Waals surface area (Å²) in [5, 5.41) is 9.13. The number of halogens is 2. The summed E-state index contributed by atoms with van der Waals surface area (Å²) in [6.45, 7) is 0. The van der Waals surface area contributed by atoms with Crippen molar-refractivity contribution in [1.82, 2.24) is 0 Å². The Morgan fingerprint density at radius 2 is 2.07 bits per heavy atom. The van der Waals surface area contributed by atoms with Crippen LogP contribution in [0, 0.1) is 0 Å². The van der Waals surface area contributed by atoms with Gasteiger partial charge in [-0.1, -0.05) is 0 Å². The molecule has 0 aromatic heterocycles. The number of phenols is 1. The maximum atomic E-state index is 12.5. The van der Waals surface area contributed by atoms with Gasteiger partial charge in [0.2, 0.25) is 0 Å². The molecule has 0 saturated heterocycles. The van der Waals surface area contributed by atoms with Gasteiger partial charge in [0, 0.05) is 0 Å². The second-order valence-electron chi connectivity index (χ2n) is 2.61. The molecular formula is C8H4F2O4. The number of carbonyl (C=O) groups is 1. The van der Waals surface area contributed by atoms with Gasteiger partial charge in [0.15, 0.2) is 17.8 Å². The lowest BCUT2D eigenvalue weighted by Gasteiger charge is -2.04. The smallest absolute Gasteiger partial charge is 0.507 e. The minimum atomic E-state index is -3.78. The molecule has 0 unspecified atom stereocenters. The zero-order chi connectivity index (χ0) is 10.3. The van der Waals surface area contributed by atoms with Crippen LogP contribution in [0.1, 0.15) is 10.4 Å².